The predicted molar refractivity (Wildman–Crippen MR) is 111 cm³/mol. The second-order valence-corrected chi connectivity index (χ2v) is 8.17. The van der Waals surface area contributed by atoms with Crippen molar-refractivity contribution in [2.24, 2.45) is 0 Å². The zero-order valence-electron chi connectivity index (χ0n) is 16.0. The van der Waals surface area contributed by atoms with Gasteiger partial charge in [-0.05, 0) is 29.8 Å². The molecule has 0 aromatic heterocycles. The molecule has 0 aliphatic heterocycles. The molecule has 0 aliphatic carbocycles. The highest BCUT2D eigenvalue weighted by atomic mass is 31.2. The number of amides is 1. The van der Waals surface area contributed by atoms with Crippen LogP contribution in [0.5, 0.6) is 11.5 Å². The fourth-order valence-corrected chi connectivity index (χ4v) is 4.18. The Labute approximate surface area is 170 Å². The predicted octanol–water partition coefficient (Wildman–Crippen LogP) is 5.56. The molecule has 0 heterocycles. The second-order valence-electron chi connectivity index (χ2n) is 6.30. The van der Waals surface area contributed by atoms with Gasteiger partial charge in [0, 0.05) is 7.05 Å². The average Bonchev–Trinajstić information content (AvgIpc) is 2.74. The van der Waals surface area contributed by atoms with E-state index in [0.29, 0.717) is 11.5 Å². The number of para-hydroxylation sites is 2. The monoisotopic (exact) mass is 411 g/mol. The molecule has 6 nitrogen and oxygen atoms in total. The maximum Gasteiger partial charge on any atom is 0.450 e. The number of carbonyl (C=O) groups excluding carboxylic acids is 1. The second kappa shape index (κ2) is 9.80. The lowest BCUT2D eigenvalue weighted by molar-refractivity contribution is 0.108. The van der Waals surface area contributed by atoms with Gasteiger partial charge in [0.2, 0.25) is 0 Å². The molecule has 0 saturated heterocycles. The maximum absolute atomic E-state index is 13.4. The molecule has 3 aromatic carbocycles. The molecule has 29 heavy (non-hydrogen) atoms. The van der Waals surface area contributed by atoms with Crippen LogP contribution in [0.1, 0.15) is 5.56 Å². The topological polar surface area (TPSA) is 65.1 Å². The van der Waals surface area contributed by atoms with Crippen LogP contribution < -0.4 is 9.05 Å². The Bertz CT molecular complexity index is 905. The molecule has 3 aromatic rings. The zero-order chi connectivity index (χ0) is 20.5. The van der Waals surface area contributed by atoms with Crippen molar-refractivity contribution in [3.05, 3.63) is 96.6 Å². The van der Waals surface area contributed by atoms with Crippen molar-refractivity contribution in [3.63, 3.8) is 0 Å². The van der Waals surface area contributed by atoms with Crippen molar-refractivity contribution in [2.75, 3.05) is 13.3 Å². The molecule has 7 heteroatoms. The molecule has 1 amide bonds. The highest BCUT2D eigenvalue weighted by Crippen LogP contribution is 2.48. The molecule has 0 atom stereocenters. The molecule has 0 bridgehead atoms. The fraction of sp³-hybridized carbons (Fsp3) is 0.136. The highest BCUT2D eigenvalue weighted by molar-refractivity contribution is 7.54. The summed E-state index contributed by atoms with van der Waals surface area (Å²) in [5, 5.41) is 0. The van der Waals surface area contributed by atoms with Crippen LogP contribution in [0, 0.1) is 0 Å². The molecule has 0 aliphatic rings. The van der Waals surface area contributed by atoms with Crippen LogP contribution >= 0.6 is 7.60 Å². The summed E-state index contributed by atoms with van der Waals surface area (Å²) >= 11 is 0. The van der Waals surface area contributed by atoms with Crippen LogP contribution in [-0.2, 0) is 15.9 Å². The van der Waals surface area contributed by atoms with Gasteiger partial charge in [-0.3, -0.25) is 4.90 Å². The van der Waals surface area contributed by atoms with E-state index < -0.39 is 13.7 Å². The SMILES string of the molecule is CN(CP(=O)(Oc1ccccc1)Oc1ccccc1)C(=O)OCc1ccccc1. The van der Waals surface area contributed by atoms with E-state index in [-0.39, 0.29) is 12.9 Å². The van der Waals surface area contributed by atoms with Crippen LogP contribution in [-0.4, -0.2) is 24.3 Å². The van der Waals surface area contributed by atoms with Crippen LogP contribution in [0.4, 0.5) is 4.79 Å². The van der Waals surface area contributed by atoms with E-state index in [4.69, 9.17) is 13.8 Å². The third kappa shape index (κ3) is 6.40. The maximum atomic E-state index is 13.4. The van der Waals surface area contributed by atoms with Gasteiger partial charge in [0.25, 0.3) is 0 Å². The van der Waals surface area contributed by atoms with Crippen molar-refractivity contribution in [1.29, 1.82) is 0 Å². The van der Waals surface area contributed by atoms with Crippen molar-refractivity contribution in [1.82, 2.24) is 4.90 Å². The van der Waals surface area contributed by atoms with E-state index in [1.54, 1.807) is 48.5 Å². The van der Waals surface area contributed by atoms with Crippen LogP contribution in [0.25, 0.3) is 0 Å². The number of hydrogen-bond acceptors (Lipinski definition) is 5. The molecule has 0 fully saturated rings. The molecule has 150 valence electrons. The van der Waals surface area contributed by atoms with Gasteiger partial charge in [0.05, 0.1) is 0 Å². The first kappa shape index (κ1) is 20.5. The number of benzene rings is 3. The van der Waals surface area contributed by atoms with E-state index in [1.165, 1.54) is 11.9 Å². The zero-order valence-corrected chi connectivity index (χ0v) is 16.9. The summed E-state index contributed by atoms with van der Waals surface area (Å²) < 4.78 is 30.1. The van der Waals surface area contributed by atoms with Crippen molar-refractivity contribution >= 4 is 13.7 Å². The fourth-order valence-electron chi connectivity index (χ4n) is 2.51. The molecule has 0 unspecified atom stereocenters. The van der Waals surface area contributed by atoms with E-state index >= 15 is 0 Å². The number of ether oxygens (including phenoxy) is 1. The Morgan fingerprint density at radius 3 is 1.72 bits per heavy atom. The van der Waals surface area contributed by atoms with Gasteiger partial charge in [-0.25, -0.2) is 9.36 Å². The van der Waals surface area contributed by atoms with Gasteiger partial charge in [-0.2, -0.15) is 0 Å². The van der Waals surface area contributed by atoms with Crippen molar-refractivity contribution < 1.29 is 23.1 Å². The Morgan fingerprint density at radius 2 is 1.24 bits per heavy atom. The summed E-state index contributed by atoms with van der Waals surface area (Å²) in [4.78, 5) is 13.6. The van der Waals surface area contributed by atoms with Crippen LogP contribution in [0.2, 0.25) is 0 Å². The molecule has 3 rings (SSSR count). The highest BCUT2D eigenvalue weighted by Gasteiger charge is 2.32. The van der Waals surface area contributed by atoms with Crippen LogP contribution in [0.15, 0.2) is 91.0 Å². The summed E-state index contributed by atoms with van der Waals surface area (Å²) in [6, 6.07) is 26.7. The lowest BCUT2D eigenvalue weighted by Gasteiger charge is -2.24. The molecule has 0 N–H and O–H groups in total. The number of carbonyl (C=O) groups is 1. The number of hydrogen-bond donors (Lipinski definition) is 0. The Hall–Kier alpha value is -3.24. The minimum Gasteiger partial charge on any atom is -0.445 e. The molecule has 0 saturated carbocycles. The number of rotatable bonds is 8. The third-order valence-electron chi connectivity index (χ3n) is 3.88. The Morgan fingerprint density at radius 1 is 0.793 bits per heavy atom. The third-order valence-corrected chi connectivity index (χ3v) is 5.63. The van der Waals surface area contributed by atoms with Gasteiger partial charge in [-0.1, -0.05) is 66.7 Å². The van der Waals surface area contributed by atoms with Crippen molar-refractivity contribution in [3.8, 4) is 11.5 Å². The Balaban J connectivity index is 1.69. The normalized spacial score (nSPS) is 10.8. The van der Waals surface area contributed by atoms with Gasteiger partial charge >= 0.3 is 13.7 Å². The van der Waals surface area contributed by atoms with Gasteiger partial charge in [0.15, 0.2) is 0 Å². The van der Waals surface area contributed by atoms with Gasteiger partial charge in [0.1, 0.15) is 24.4 Å². The lowest BCUT2D eigenvalue weighted by Crippen LogP contribution is -2.30. The minimum atomic E-state index is -3.74. The van der Waals surface area contributed by atoms with E-state index in [1.807, 2.05) is 42.5 Å². The summed E-state index contributed by atoms with van der Waals surface area (Å²) in [5.74, 6) is 0.774. The summed E-state index contributed by atoms with van der Waals surface area (Å²) in [7, 11) is -2.25. The minimum absolute atomic E-state index is 0.118. The van der Waals surface area contributed by atoms with E-state index in [2.05, 4.69) is 0 Å². The number of nitrogens with zero attached hydrogens (tertiary/aromatic N) is 1. The summed E-state index contributed by atoms with van der Waals surface area (Å²) in [6.07, 6.45) is -0.896. The van der Waals surface area contributed by atoms with Gasteiger partial charge in [-0.15, -0.1) is 0 Å². The standard InChI is InChI=1S/C22H22NO5P/c1-23(22(24)26-17-19-11-5-2-6-12-19)18-29(25,27-20-13-7-3-8-14-20)28-21-15-9-4-10-16-21/h2-16H,17-18H2,1H3. The smallest absolute Gasteiger partial charge is 0.445 e. The van der Waals surface area contributed by atoms with E-state index in [9.17, 15) is 9.36 Å². The molecule has 0 radical (unpaired) electrons. The quantitative estimate of drug-likeness (QED) is 0.454. The largest absolute Gasteiger partial charge is 0.450 e. The molecule has 0 spiro atoms. The molecular weight excluding hydrogens is 389 g/mol. The Kier molecular flexibility index (Phi) is 6.93. The first-order valence-electron chi connectivity index (χ1n) is 9.04. The lowest BCUT2D eigenvalue weighted by atomic mass is 10.2. The first-order valence-corrected chi connectivity index (χ1v) is 10.8. The van der Waals surface area contributed by atoms with Crippen LogP contribution in [0.3, 0.4) is 0 Å². The average molecular weight is 411 g/mol. The van der Waals surface area contributed by atoms with Gasteiger partial charge < -0.3 is 13.8 Å². The van der Waals surface area contributed by atoms with E-state index in [0.717, 1.165) is 5.56 Å². The van der Waals surface area contributed by atoms with Crippen molar-refractivity contribution in [2.45, 2.75) is 6.61 Å². The summed E-state index contributed by atoms with van der Waals surface area (Å²) in [6.45, 7) is 0.118. The molecular formula is C22H22NO5P. The summed E-state index contributed by atoms with van der Waals surface area (Å²) in [5.41, 5.74) is 0.860. The first-order chi connectivity index (χ1) is 14.0.